The summed E-state index contributed by atoms with van der Waals surface area (Å²) in [5.41, 5.74) is 3.48. The van der Waals surface area contributed by atoms with E-state index >= 15 is 0 Å². The number of hydrogen-bond acceptors (Lipinski definition) is 4. The first kappa shape index (κ1) is 18.1. The topological polar surface area (TPSA) is 56.5 Å². The summed E-state index contributed by atoms with van der Waals surface area (Å²) in [6, 6.07) is 16.6. The summed E-state index contributed by atoms with van der Waals surface area (Å²) in [6.45, 7) is 1.97. The largest absolute Gasteiger partial charge is 0.461 e. The molecule has 0 atom stereocenters. The van der Waals surface area contributed by atoms with Gasteiger partial charge in [0.2, 0.25) is 0 Å². The fourth-order valence-corrected chi connectivity index (χ4v) is 3.00. The van der Waals surface area contributed by atoms with Gasteiger partial charge in [-0.2, -0.15) is 5.10 Å². The van der Waals surface area contributed by atoms with Crippen molar-refractivity contribution in [1.82, 2.24) is 14.6 Å². The summed E-state index contributed by atoms with van der Waals surface area (Å²) in [6.07, 6.45) is 0. The molecule has 140 valence electrons. The molecule has 2 aromatic carbocycles. The second kappa shape index (κ2) is 7.40. The minimum absolute atomic E-state index is 0.163. The van der Waals surface area contributed by atoms with E-state index in [2.05, 4.69) is 10.1 Å². The van der Waals surface area contributed by atoms with Gasteiger partial charge in [-0.05, 0) is 49.4 Å². The molecule has 0 fully saturated rings. The lowest BCUT2D eigenvalue weighted by molar-refractivity contribution is 0.0519. The van der Waals surface area contributed by atoms with Crippen LogP contribution in [0.1, 0.15) is 17.4 Å². The molecule has 0 saturated carbocycles. The van der Waals surface area contributed by atoms with E-state index in [0.29, 0.717) is 27.6 Å². The Labute approximate surface area is 165 Å². The molecule has 4 rings (SSSR count). The molecule has 0 saturated heterocycles. The van der Waals surface area contributed by atoms with Gasteiger partial charge in [0, 0.05) is 22.2 Å². The lowest BCUT2D eigenvalue weighted by atomic mass is 10.1. The van der Waals surface area contributed by atoms with Crippen molar-refractivity contribution in [3.63, 3.8) is 0 Å². The molecule has 0 N–H and O–H groups in total. The second-order valence-electron chi connectivity index (χ2n) is 6.06. The Bertz CT molecular complexity index is 1150. The Hall–Kier alpha value is -3.25. The van der Waals surface area contributed by atoms with Crippen molar-refractivity contribution in [3.8, 4) is 22.5 Å². The molecule has 0 amide bonds. The number of benzene rings is 2. The van der Waals surface area contributed by atoms with E-state index in [0.717, 1.165) is 5.56 Å². The number of carbonyl (C=O) groups excluding carboxylic acids is 1. The second-order valence-corrected chi connectivity index (χ2v) is 6.50. The molecule has 0 unspecified atom stereocenters. The van der Waals surface area contributed by atoms with E-state index in [1.54, 1.807) is 47.8 Å². The van der Waals surface area contributed by atoms with Gasteiger partial charge >= 0.3 is 5.97 Å². The molecule has 5 nitrogen and oxygen atoms in total. The monoisotopic (exact) mass is 395 g/mol. The van der Waals surface area contributed by atoms with E-state index in [4.69, 9.17) is 16.3 Å². The number of carbonyl (C=O) groups is 1. The van der Waals surface area contributed by atoms with Crippen LogP contribution in [0.3, 0.4) is 0 Å². The fourth-order valence-electron chi connectivity index (χ4n) is 2.87. The summed E-state index contributed by atoms with van der Waals surface area (Å²) in [5, 5.41) is 5.25. The van der Waals surface area contributed by atoms with Crippen LogP contribution in [-0.2, 0) is 4.74 Å². The van der Waals surface area contributed by atoms with Crippen molar-refractivity contribution >= 4 is 23.2 Å². The number of aromatic nitrogens is 3. The molecule has 0 aliphatic carbocycles. The predicted molar refractivity (Wildman–Crippen MR) is 105 cm³/mol. The summed E-state index contributed by atoms with van der Waals surface area (Å²) in [7, 11) is 0. The zero-order chi connectivity index (χ0) is 19.7. The Kier molecular flexibility index (Phi) is 4.79. The summed E-state index contributed by atoms with van der Waals surface area (Å²) < 4.78 is 20.1. The molecule has 4 aromatic rings. The minimum Gasteiger partial charge on any atom is -0.461 e. The third kappa shape index (κ3) is 3.46. The van der Waals surface area contributed by atoms with Crippen LogP contribution in [0.5, 0.6) is 0 Å². The van der Waals surface area contributed by atoms with E-state index in [1.807, 2.05) is 12.1 Å². The molecule has 0 spiro atoms. The smallest absolute Gasteiger partial charge is 0.357 e. The molecular formula is C21H15ClFN3O2. The van der Waals surface area contributed by atoms with Gasteiger partial charge in [-0.3, -0.25) is 0 Å². The van der Waals surface area contributed by atoms with E-state index in [1.165, 1.54) is 12.1 Å². The number of esters is 1. The van der Waals surface area contributed by atoms with E-state index in [-0.39, 0.29) is 18.1 Å². The van der Waals surface area contributed by atoms with Crippen LogP contribution in [0.25, 0.3) is 28.2 Å². The van der Waals surface area contributed by atoms with Crippen LogP contribution < -0.4 is 0 Å². The molecule has 7 heteroatoms. The van der Waals surface area contributed by atoms with Crippen molar-refractivity contribution < 1.29 is 13.9 Å². The molecule has 28 heavy (non-hydrogen) atoms. The van der Waals surface area contributed by atoms with Crippen molar-refractivity contribution in [2.75, 3.05) is 6.61 Å². The zero-order valence-corrected chi connectivity index (χ0v) is 15.7. The molecule has 0 aliphatic heterocycles. The first-order valence-electron chi connectivity index (χ1n) is 8.65. The van der Waals surface area contributed by atoms with Gasteiger partial charge in [0.1, 0.15) is 5.82 Å². The number of nitrogens with zero attached hydrogens (tertiary/aromatic N) is 3. The first-order chi connectivity index (χ1) is 13.5. The van der Waals surface area contributed by atoms with E-state index in [9.17, 15) is 9.18 Å². The number of halogens is 2. The van der Waals surface area contributed by atoms with Gasteiger partial charge in [-0.1, -0.05) is 23.7 Å². The Morgan fingerprint density at radius 1 is 1.07 bits per heavy atom. The molecule has 0 aliphatic rings. The van der Waals surface area contributed by atoms with Crippen LogP contribution in [0, 0.1) is 5.82 Å². The Morgan fingerprint density at radius 3 is 2.43 bits per heavy atom. The number of ether oxygens (including phenoxy) is 1. The highest BCUT2D eigenvalue weighted by Crippen LogP contribution is 2.26. The Balaban J connectivity index is 1.92. The number of hydrogen-bond donors (Lipinski definition) is 0. The van der Waals surface area contributed by atoms with Crippen LogP contribution in [0.4, 0.5) is 4.39 Å². The van der Waals surface area contributed by atoms with Crippen LogP contribution in [0.15, 0.2) is 60.7 Å². The molecule has 0 radical (unpaired) electrons. The summed E-state index contributed by atoms with van der Waals surface area (Å²) in [5.74, 6) is -0.871. The van der Waals surface area contributed by atoms with Gasteiger partial charge in [0.05, 0.1) is 18.0 Å². The maximum Gasteiger partial charge on any atom is 0.357 e. The molecule has 2 heterocycles. The highest BCUT2D eigenvalue weighted by Gasteiger charge is 2.17. The maximum atomic E-state index is 13.4. The van der Waals surface area contributed by atoms with Crippen molar-refractivity contribution in [2.45, 2.75) is 6.92 Å². The normalized spacial score (nSPS) is 11.0. The number of rotatable bonds is 4. The Morgan fingerprint density at radius 2 is 1.75 bits per heavy atom. The average molecular weight is 396 g/mol. The van der Waals surface area contributed by atoms with Gasteiger partial charge in [-0.25, -0.2) is 18.7 Å². The first-order valence-corrected chi connectivity index (χ1v) is 9.03. The minimum atomic E-state index is -0.525. The fraction of sp³-hybridized carbons (Fsp3) is 0.0952. The van der Waals surface area contributed by atoms with Crippen molar-refractivity contribution in [3.05, 3.63) is 77.2 Å². The maximum absolute atomic E-state index is 13.4. The van der Waals surface area contributed by atoms with Crippen LogP contribution in [0.2, 0.25) is 5.02 Å². The van der Waals surface area contributed by atoms with Gasteiger partial charge < -0.3 is 4.74 Å². The summed E-state index contributed by atoms with van der Waals surface area (Å²) >= 11 is 5.96. The predicted octanol–water partition coefficient (Wildman–Crippen LogP) is 5.03. The highest BCUT2D eigenvalue weighted by atomic mass is 35.5. The van der Waals surface area contributed by atoms with Gasteiger partial charge in [0.15, 0.2) is 11.3 Å². The SMILES string of the molecule is CCOC(=O)c1cc(-c2ccc(F)cc2)n2nc(-c3ccc(Cl)cc3)cc2n1. The lowest BCUT2D eigenvalue weighted by Crippen LogP contribution is -2.09. The van der Waals surface area contributed by atoms with E-state index < -0.39 is 5.97 Å². The average Bonchev–Trinajstić information content (AvgIpc) is 3.13. The lowest BCUT2D eigenvalue weighted by Gasteiger charge is -2.08. The quantitative estimate of drug-likeness (QED) is 0.454. The van der Waals surface area contributed by atoms with Crippen LogP contribution in [-0.4, -0.2) is 27.2 Å². The third-order valence-electron chi connectivity index (χ3n) is 4.19. The summed E-state index contributed by atoms with van der Waals surface area (Å²) in [4.78, 5) is 16.6. The molecule has 0 bridgehead atoms. The number of fused-ring (bicyclic) bond motifs is 1. The zero-order valence-electron chi connectivity index (χ0n) is 14.9. The molecule has 2 aromatic heterocycles. The highest BCUT2D eigenvalue weighted by molar-refractivity contribution is 6.30. The molecular weight excluding hydrogens is 381 g/mol. The van der Waals surface area contributed by atoms with Gasteiger partial charge in [-0.15, -0.1) is 0 Å². The third-order valence-corrected chi connectivity index (χ3v) is 4.44. The standard InChI is InChI=1S/C21H15ClFN3O2/c1-2-28-21(27)18-11-19(14-5-9-16(23)10-6-14)26-20(24-18)12-17(25-26)13-3-7-15(22)8-4-13/h3-12H,2H2,1H3. The van der Waals surface area contributed by atoms with Crippen LogP contribution >= 0.6 is 11.6 Å². The van der Waals surface area contributed by atoms with Crippen molar-refractivity contribution in [2.24, 2.45) is 0 Å². The van der Waals surface area contributed by atoms with Gasteiger partial charge in [0.25, 0.3) is 0 Å². The van der Waals surface area contributed by atoms with Crippen molar-refractivity contribution in [1.29, 1.82) is 0 Å².